The maximum Gasteiger partial charge on any atom is 0.0701 e. The van der Waals surface area contributed by atoms with E-state index in [1.165, 1.54) is 0 Å². The van der Waals surface area contributed by atoms with Gasteiger partial charge in [0.05, 0.1) is 33.0 Å². The first-order valence-corrected chi connectivity index (χ1v) is 7.84. The third kappa shape index (κ3) is 7.79. The van der Waals surface area contributed by atoms with Crippen LogP contribution in [0.1, 0.15) is 0 Å². The molecule has 0 fully saturated rings. The number of halogens is 1. The molecule has 0 saturated carbocycles. The Morgan fingerprint density at radius 3 is 2.53 bits per heavy atom. The molecule has 108 valence electrons. The zero-order valence-electron chi connectivity index (χ0n) is 11.1. The number of anilines is 1. The maximum atomic E-state index is 5.88. The molecule has 0 aromatic heterocycles. The lowest BCUT2D eigenvalue weighted by Gasteiger charge is -2.07. The van der Waals surface area contributed by atoms with Crippen LogP contribution < -0.4 is 5.73 Å². The summed E-state index contributed by atoms with van der Waals surface area (Å²) in [4.78, 5) is 1.08. The first kappa shape index (κ1) is 16.8. The number of benzene rings is 1. The van der Waals surface area contributed by atoms with Gasteiger partial charge in [-0.25, -0.2) is 0 Å². The summed E-state index contributed by atoms with van der Waals surface area (Å²) < 4.78 is 16.7. The molecule has 0 unspecified atom stereocenters. The average Bonchev–Trinajstić information content (AvgIpc) is 2.40. The molecule has 19 heavy (non-hydrogen) atoms. The zero-order valence-corrected chi connectivity index (χ0v) is 13.5. The number of methoxy groups -OCH3 is 1. The molecule has 0 aliphatic rings. The molecule has 0 amide bonds. The first-order chi connectivity index (χ1) is 9.24. The second-order valence-corrected chi connectivity index (χ2v) is 5.80. The largest absolute Gasteiger partial charge is 0.398 e. The topological polar surface area (TPSA) is 53.7 Å². The van der Waals surface area contributed by atoms with Crippen LogP contribution in [0.3, 0.4) is 0 Å². The number of hydrogen-bond acceptors (Lipinski definition) is 5. The molecule has 2 N–H and O–H groups in total. The van der Waals surface area contributed by atoms with Crippen LogP contribution in [0.4, 0.5) is 5.69 Å². The van der Waals surface area contributed by atoms with Gasteiger partial charge >= 0.3 is 0 Å². The number of nitrogen functional groups attached to an aromatic ring is 1. The molecule has 1 aromatic carbocycles. The number of ether oxygens (including phenoxy) is 3. The normalized spacial score (nSPS) is 10.8. The highest BCUT2D eigenvalue weighted by Crippen LogP contribution is 2.27. The summed E-state index contributed by atoms with van der Waals surface area (Å²) in [6.45, 7) is 3.14. The molecule has 6 heteroatoms. The molecule has 0 saturated heterocycles. The predicted octanol–water partition coefficient (Wildman–Crippen LogP) is 2.80. The van der Waals surface area contributed by atoms with Crippen LogP contribution in [-0.2, 0) is 14.2 Å². The number of rotatable bonds is 10. The van der Waals surface area contributed by atoms with E-state index in [1.54, 1.807) is 18.9 Å². The van der Waals surface area contributed by atoms with Crippen LogP contribution in [-0.4, -0.2) is 45.9 Å². The summed E-state index contributed by atoms with van der Waals surface area (Å²) in [6, 6.07) is 5.86. The fraction of sp³-hybridized carbons (Fsp3) is 0.538. The van der Waals surface area contributed by atoms with E-state index in [0.29, 0.717) is 33.0 Å². The lowest BCUT2D eigenvalue weighted by atomic mass is 10.3. The van der Waals surface area contributed by atoms with Crippen molar-refractivity contribution in [1.29, 1.82) is 0 Å². The van der Waals surface area contributed by atoms with Gasteiger partial charge in [-0.05, 0) is 18.2 Å². The SMILES string of the molecule is COCCOCCOCCSc1cc(Br)ccc1N. The van der Waals surface area contributed by atoms with Gasteiger partial charge in [-0.15, -0.1) is 11.8 Å². The van der Waals surface area contributed by atoms with E-state index in [4.69, 9.17) is 19.9 Å². The van der Waals surface area contributed by atoms with Crippen LogP contribution in [0.2, 0.25) is 0 Å². The Hall–Kier alpha value is -0.270. The highest BCUT2D eigenvalue weighted by molar-refractivity contribution is 9.10. The molecular formula is C13H20BrNO3S. The Morgan fingerprint density at radius 1 is 1.11 bits per heavy atom. The van der Waals surface area contributed by atoms with Crippen LogP contribution in [0.5, 0.6) is 0 Å². The minimum absolute atomic E-state index is 0.604. The Morgan fingerprint density at radius 2 is 1.79 bits per heavy atom. The second kappa shape index (κ2) is 10.5. The van der Waals surface area contributed by atoms with Gasteiger partial charge < -0.3 is 19.9 Å². The summed E-state index contributed by atoms with van der Waals surface area (Å²) in [5.74, 6) is 0.874. The van der Waals surface area contributed by atoms with Gasteiger partial charge in [0, 0.05) is 27.9 Å². The Labute approximate surface area is 127 Å². The van der Waals surface area contributed by atoms with Crippen molar-refractivity contribution in [2.45, 2.75) is 4.90 Å². The van der Waals surface area contributed by atoms with E-state index in [9.17, 15) is 0 Å². The third-order valence-corrected chi connectivity index (χ3v) is 3.79. The zero-order chi connectivity index (χ0) is 13.9. The fourth-order valence-electron chi connectivity index (χ4n) is 1.31. The van der Waals surface area contributed by atoms with Gasteiger partial charge in [-0.1, -0.05) is 15.9 Å². The minimum Gasteiger partial charge on any atom is -0.398 e. The van der Waals surface area contributed by atoms with Crippen molar-refractivity contribution in [2.24, 2.45) is 0 Å². The van der Waals surface area contributed by atoms with Gasteiger partial charge in [0.2, 0.25) is 0 Å². The highest BCUT2D eigenvalue weighted by atomic mass is 79.9. The van der Waals surface area contributed by atoms with Crippen molar-refractivity contribution in [3.05, 3.63) is 22.7 Å². The van der Waals surface area contributed by atoms with E-state index < -0.39 is 0 Å². The average molecular weight is 350 g/mol. The van der Waals surface area contributed by atoms with Crippen molar-refractivity contribution in [3.8, 4) is 0 Å². The van der Waals surface area contributed by atoms with Crippen molar-refractivity contribution in [3.63, 3.8) is 0 Å². The molecular weight excluding hydrogens is 330 g/mol. The molecule has 1 aromatic rings. The van der Waals surface area contributed by atoms with Gasteiger partial charge in [-0.3, -0.25) is 0 Å². The quantitative estimate of drug-likeness (QED) is 0.400. The van der Waals surface area contributed by atoms with Crippen molar-refractivity contribution < 1.29 is 14.2 Å². The Balaban J connectivity index is 2.03. The molecule has 0 aliphatic heterocycles. The van der Waals surface area contributed by atoms with Gasteiger partial charge in [-0.2, -0.15) is 0 Å². The van der Waals surface area contributed by atoms with E-state index in [-0.39, 0.29) is 0 Å². The van der Waals surface area contributed by atoms with E-state index >= 15 is 0 Å². The summed E-state index contributed by atoms with van der Waals surface area (Å²) in [5.41, 5.74) is 6.69. The predicted molar refractivity (Wildman–Crippen MR) is 82.8 cm³/mol. The lowest BCUT2D eigenvalue weighted by Crippen LogP contribution is -2.09. The van der Waals surface area contributed by atoms with Crippen LogP contribution in [0, 0.1) is 0 Å². The number of thioether (sulfide) groups is 1. The monoisotopic (exact) mass is 349 g/mol. The minimum atomic E-state index is 0.604. The molecule has 0 radical (unpaired) electrons. The fourth-order valence-corrected chi connectivity index (χ4v) is 2.69. The Kier molecular flexibility index (Phi) is 9.28. The molecule has 0 heterocycles. The van der Waals surface area contributed by atoms with E-state index in [1.807, 2.05) is 18.2 Å². The van der Waals surface area contributed by atoms with Gasteiger partial charge in [0.15, 0.2) is 0 Å². The van der Waals surface area contributed by atoms with Gasteiger partial charge in [0.25, 0.3) is 0 Å². The molecule has 4 nitrogen and oxygen atoms in total. The number of hydrogen-bond donors (Lipinski definition) is 1. The molecule has 0 bridgehead atoms. The van der Waals surface area contributed by atoms with Crippen molar-refractivity contribution in [2.75, 3.05) is 51.6 Å². The Bertz CT molecular complexity index is 366. The van der Waals surface area contributed by atoms with Crippen molar-refractivity contribution in [1.82, 2.24) is 0 Å². The highest BCUT2D eigenvalue weighted by Gasteiger charge is 2.00. The second-order valence-electron chi connectivity index (χ2n) is 3.75. The summed E-state index contributed by atoms with van der Waals surface area (Å²) in [6.07, 6.45) is 0. The lowest BCUT2D eigenvalue weighted by molar-refractivity contribution is 0.0286. The van der Waals surface area contributed by atoms with Crippen LogP contribution in [0.25, 0.3) is 0 Å². The van der Waals surface area contributed by atoms with E-state index in [0.717, 1.165) is 20.8 Å². The molecule has 0 atom stereocenters. The van der Waals surface area contributed by atoms with Crippen LogP contribution >= 0.6 is 27.7 Å². The van der Waals surface area contributed by atoms with E-state index in [2.05, 4.69) is 15.9 Å². The molecule has 1 rings (SSSR count). The third-order valence-electron chi connectivity index (χ3n) is 2.26. The van der Waals surface area contributed by atoms with Crippen molar-refractivity contribution >= 4 is 33.4 Å². The number of nitrogens with two attached hydrogens (primary N) is 1. The maximum absolute atomic E-state index is 5.88. The van der Waals surface area contributed by atoms with Crippen LogP contribution in [0.15, 0.2) is 27.6 Å². The summed E-state index contributed by atoms with van der Waals surface area (Å²) in [5, 5.41) is 0. The molecule has 0 spiro atoms. The first-order valence-electron chi connectivity index (χ1n) is 6.06. The summed E-state index contributed by atoms with van der Waals surface area (Å²) in [7, 11) is 1.66. The van der Waals surface area contributed by atoms with Gasteiger partial charge in [0.1, 0.15) is 0 Å². The standard InChI is InChI=1S/C13H20BrNO3S/c1-16-4-5-17-6-7-18-8-9-19-13-10-11(14)2-3-12(13)15/h2-3,10H,4-9,15H2,1H3. The summed E-state index contributed by atoms with van der Waals surface area (Å²) >= 11 is 5.13. The smallest absolute Gasteiger partial charge is 0.0701 e. The molecule has 0 aliphatic carbocycles.